The van der Waals surface area contributed by atoms with Crippen LogP contribution in [0.2, 0.25) is 5.02 Å². The first-order valence-corrected chi connectivity index (χ1v) is 7.35. The van der Waals surface area contributed by atoms with Crippen LogP contribution in [-0.2, 0) is 13.1 Å². The third kappa shape index (κ3) is 3.14. The van der Waals surface area contributed by atoms with E-state index in [9.17, 15) is 0 Å². The average Bonchev–Trinajstić information content (AvgIpc) is 3.16. The highest BCUT2D eigenvalue weighted by atomic mass is 35.5. The van der Waals surface area contributed by atoms with Crippen LogP contribution < -0.4 is 10.1 Å². The lowest BCUT2D eigenvalue weighted by Gasteiger charge is -2.12. The normalized spacial score (nSPS) is 14.5. The summed E-state index contributed by atoms with van der Waals surface area (Å²) in [5, 5.41) is 8.42. The highest BCUT2D eigenvalue weighted by Gasteiger charge is 2.21. The number of rotatable bonds is 6. The van der Waals surface area contributed by atoms with Crippen LogP contribution in [-0.4, -0.2) is 15.8 Å². The van der Waals surface area contributed by atoms with E-state index in [2.05, 4.69) is 10.4 Å². The monoisotopic (exact) mass is 291 g/mol. The zero-order chi connectivity index (χ0) is 13.9. The van der Waals surface area contributed by atoms with Gasteiger partial charge in [0.1, 0.15) is 5.75 Å². The molecule has 1 heterocycles. The molecule has 0 spiro atoms. The zero-order valence-corrected chi connectivity index (χ0v) is 12.2. The van der Waals surface area contributed by atoms with Crippen molar-refractivity contribution in [2.75, 3.05) is 0 Å². The van der Waals surface area contributed by atoms with E-state index in [1.54, 1.807) is 6.20 Å². The standard InChI is InChI=1S/C15H18ClN3O/c1-2-19-10-12(8-18-19)20-15-5-3-4-14(16)13(15)9-17-11-6-7-11/h3-5,8,10-11,17H,2,6-7,9H2,1H3. The van der Waals surface area contributed by atoms with Crippen LogP contribution in [0.1, 0.15) is 25.3 Å². The van der Waals surface area contributed by atoms with Gasteiger partial charge in [0.05, 0.1) is 12.4 Å². The summed E-state index contributed by atoms with van der Waals surface area (Å²) in [6.07, 6.45) is 6.12. The van der Waals surface area contributed by atoms with Gasteiger partial charge in [-0.25, -0.2) is 0 Å². The molecule has 1 fully saturated rings. The van der Waals surface area contributed by atoms with Crippen LogP contribution in [0.4, 0.5) is 0 Å². The first-order valence-electron chi connectivity index (χ1n) is 6.97. The van der Waals surface area contributed by atoms with Crippen molar-refractivity contribution in [1.82, 2.24) is 15.1 Å². The van der Waals surface area contributed by atoms with E-state index in [-0.39, 0.29) is 0 Å². The Morgan fingerprint density at radius 3 is 3.00 bits per heavy atom. The van der Waals surface area contributed by atoms with Crippen molar-refractivity contribution >= 4 is 11.6 Å². The van der Waals surface area contributed by atoms with Gasteiger partial charge in [-0.2, -0.15) is 5.10 Å². The molecule has 3 rings (SSSR count). The van der Waals surface area contributed by atoms with Gasteiger partial charge in [-0.1, -0.05) is 17.7 Å². The maximum atomic E-state index is 6.29. The molecule has 5 heteroatoms. The first-order chi connectivity index (χ1) is 9.76. The topological polar surface area (TPSA) is 39.1 Å². The molecule has 0 amide bonds. The Labute approximate surface area is 123 Å². The molecule has 1 aromatic heterocycles. The smallest absolute Gasteiger partial charge is 0.165 e. The highest BCUT2D eigenvalue weighted by Crippen LogP contribution is 2.31. The lowest BCUT2D eigenvalue weighted by molar-refractivity contribution is 0.471. The van der Waals surface area contributed by atoms with Crippen molar-refractivity contribution in [2.45, 2.75) is 38.9 Å². The molecule has 4 nitrogen and oxygen atoms in total. The van der Waals surface area contributed by atoms with Crippen LogP contribution >= 0.6 is 11.6 Å². The van der Waals surface area contributed by atoms with E-state index >= 15 is 0 Å². The molecule has 0 radical (unpaired) electrons. The molecule has 0 aliphatic heterocycles. The minimum atomic E-state index is 0.641. The van der Waals surface area contributed by atoms with Gasteiger partial charge in [0, 0.05) is 29.7 Å². The summed E-state index contributed by atoms with van der Waals surface area (Å²) in [5.74, 6) is 1.53. The number of halogens is 1. The average molecular weight is 292 g/mol. The van der Waals surface area contributed by atoms with Gasteiger partial charge < -0.3 is 10.1 Å². The van der Waals surface area contributed by atoms with Gasteiger partial charge in [-0.3, -0.25) is 4.68 Å². The number of nitrogens with one attached hydrogen (secondary N) is 1. The second-order valence-corrected chi connectivity index (χ2v) is 5.41. The minimum absolute atomic E-state index is 0.641. The highest BCUT2D eigenvalue weighted by molar-refractivity contribution is 6.31. The molecule has 0 bridgehead atoms. The van der Waals surface area contributed by atoms with Crippen LogP contribution in [0.15, 0.2) is 30.6 Å². The minimum Gasteiger partial charge on any atom is -0.454 e. The van der Waals surface area contributed by atoms with Gasteiger partial charge in [0.2, 0.25) is 0 Å². The molecule has 1 aromatic carbocycles. The van der Waals surface area contributed by atoms with Gasteiger partial charge in [-0.05, 0) is 31.9 Å². The largest absolute Gasteiger partial charge is 0.454 e. The Balaban J connectivity index is 1.78. The Morgan fingerprint density at radius 2 is 2.30 bits per heavy atom. The van der Waals surface area contributed by atoms with E-state index in [1.807, 2.05) is 36.0 Å². The van der Waals surface area contributed by atoms with E-state index in [0.29, 0.717) is 6.04 Å². The molecule has 20 heavy (non-hydrogen) atoms. The number of ether oxygens (including phenoxy) is 1. The maximum absolute atomic E-state index is 6.29. The fraction of sp³-hybridized carbons (Fsp3) is 0.400. The SMILES string of the molecule is CCn1cc(Oc2cccc(Cl)c2CNC2CC2)cn1. The maximum Gasteiger partial charge on any atom is 0.165 e. The molecule has 0 saturated heterocycles. The van der Waals surface area contributed by atoms with E-state index in [0.717, 1.165) is 35.2 Å². The molecule has 1 aliphatic rings. The van der Waals surface area contributed by atoms with Crippen molar-refractivity contribution in [3.8, 4) is 11.5 Å². The Hall–Kier alpha value is -1.52. The van der Waals surface area contributed by atoms with Crippen LogP contribution in [0.5, 0.6) is 11.5 Å². The number of aryl methyl sites for hydroxylation is 1. The first kappa shape index (κ1) is 13.5. The number of hydrogen-bond acceptors (Lipinski definition) is 3. The van der Waals surface area contributed by atoms with Crippen LogP contribution in [0.3, 0.4) is 0 Å². The lowest BCUT2D eigenvalue weighted by atomic mass is 10.2. The molecular formula is C15H18ClN3O. The van der Waals surface area contributed by atoms with Gasteiger partial charge in [0.25, 0.3) is 0 Å². The van der Waals surface area contributed by atoms with Crippen molar-refractivity contribution in [3.63, 3.8) is 0 Å². The predicted molar refractivity (Wildman–Crippen MR) is 79.3 cm³/mol. The summed E-state index contributed by atoms with van der Waals surface area (Å²) in [6, 6.07) is 6.39. The number of benzene rings is 1. The number of hydrogen-bond donors (Lipinski definition) is 1. The molecular weight excluding hydrogens is 274 g/mol. The predicted octanol–water partition coefficient (Wildman–Crippen LogP) is 3.60. The summed E-state index contributed by atoms with van der Waals surface area (Å²) in [4.78, 5) is 0. The Kier molecular flexibility index (Phi) is 3.94. The van der Waals surface area contributed by atoms with Crippen LogP contribution in [0.25, 0.3) is 0 Å². The molecule has 2 aromatic rings. The second kappa shape index (κ2) is 5.85. The fourth-order valence-corrected chi connectivity index (χ4v) is 2.27. The van der Waals surface area contributed by atoms with Crippen molar-refractivity contribution in [3.05, 3.63) is 41.2 Å². The van der Waals surface area contributed by atoms with Crippen molar-refractivity contribution in [1.29, 1.82) is 0 Å². The number of aromatic nitrogens is 2. The van der Waals surface area contributed by atoms with Gasteiger partial charge in [0.15, 0.2) is 5.75 Å². The summed E-state index contributed by atoms with van der Waals surface area (Å²) in [5.41, 5.74) is 1.00. The molecule has 106 valence electrons. The Morgan fingerprint density at radius 1 is 1.45 bits per heavy atom. The van der Waals surface area contributed by atoms with E-state index in [4.69, 9.17) is 16.3 Å². The lowest BCUT2D eigenvalue weighted by Crippen LogP contribution is -2.16. The second-order valence-electron chi connectivity index (χ2n) is 5.01. The van der Waals surface area contributed by atoms with E-state index < -0.39 is 0 Å². The molecule has 0 unspecified atom stereocenters. The Bertz CT molecular complexity index is 593. The van der Waals surface area contributed by atoms with Crippen molar-refractivity contribution in [2.24, 2.45) is 0 Å². The van der Waals surface area contributed by atoms with E-state index in [1.165, 1.54) is 12.8 Å². The van der Waals surface area contributed by atoms with Crippen LogP contribution in [0, 0.1) is 0 Å². The summed E-state index contributed by atoms with van der Waals surface area (Å²) in [7, 11) is 0. The van der Waals surface area contributed by atoms with Gasteiger partial charge in [-0.15, -0.1) is 0 Å². The quantitative estimate of drug-likeness (QED) is 0.884. The summed E-state index contributed by atoms with van der Waals surface area (Å²) >= 11 is 6.29. The summed E-state index contributed by atoms with van der Waals surface area (Å²) < 4.78 is 7.75. The zero-order valence-electron chi connectivity index (χ0n) is 11.5. The third-order valence-corrected chi connectivity index (χ3v) is 3.74. The molecule has 0 atom stereocenters. The number of nitrogens with zero attached hydrogens (tertiary/aromatic N) is 2. The van der Waals surface area contributed by atoms with Crippen molar-refractivity contribution < 1.29 is 4.74 Å². The molecule has 1 aliphatic carbocycles. The fourth-order valence-electron chi connectivity index (χ4n) is 2.04. The summed E-state index contributed by atoms with van der Waals surface area (Å²) in [6.45, 7) is 3.61. The molecule has 1 N–H and O–H groups in total. The van der Waals surface area contributed by atoms with Gasteiger partial charge >= 0.3 is 0 Å². The molecule has 1 saturated carbocycles. The third-order valence-electron chi connectivity index (χ3n) is 3.38.